The lowest BCUT2D eigenvalue weighted by atomic mass is 10.3. The molecule has 0 aromatic heterocycles. The number of alkyl halides is 2. The Balaban J connectivity index is 2.10. The van der Waals surface area contributed by atoms with Crippen LogP contribution >= 0.6 is 0 Å². The lowest BCUT2D eigenvalue weighted by Gasteiger charge is -2.13. The second-order valence-electron chi connectivity index (χ2n) is 3.95. The number of hydrogen-bond acceptors (Lipinski definition) is 3. The Bertz CT molecular complexity index is 378. The van der Waals surface area contributed by atoms with Crippen molar-refractivity contribution in [1.29, 1.82) is 0 Å². The van der Waals surface area contributed by atoms with Gasteiger partial charge in [0, 0.05) is 6.07 Å². The van der Waals surface area contributed by atoms with Crippen LogP contribution in [0.5, 0.6) is 17.2 Å². The van der Waals surface area contributed by atoms with E-state index in [1.54, 1.807) is 12.1 Å². The van der Waals surface area contributed by atoms with E-state index in [2.05, 4.69) is 4.74 Å². The third kappa shape index (κ3) is 3.47. The number of benzene rings is 1. The van der Waals surface area contributed by atoms with Crippen molar-refractivity contribution in [2.45, 2.75) is 19.5 Å². The maximum atomic E-state index is 12.2. The highest BCUT2D eigenvalue weighted by atomic mass is 19.3. The van der Waals surface area contributed by atoms with Crippen molar-refractivity contribution < 1.29 is 23.0 Å². The van der Waals surface area contributed by atoms with E-state index in [0.29, 0.717) is 24.0 Å². The molecule has 0 unspecified atom stereocenters. The van der Waals surface area contributed by atoms with E-state index >= 15 is 0 Å². The number of halogens is 2. The van der Waals surface area contributed by atoms with Gasteiger partial charge in [-0.3, -0.25) is 0 Å². The summed E-state index contributed by atoms with van der Waals surface area (Å²) in [6, 6.07) is 4.54. The Kier molecular flexibility index (Phi) is 3.66. The molecule has 0 spiro atoms. The molecule has 2 rings (SSSR count). The zero-order valence-corrected chi connectivity index (χ0v) is 9.49. The molecule has 5 heteroatoms. The molecule has 1 aromatic rings. The Morgan fingerprint density at radius 3 is 2.65 bits per heavy atom. The smallest absolute Gasteiger partial charge is 0.387 e. The highest BCUT2D eigenvalue weighted by Crippen LogP contribution is 2.35. The van der Waals surface area contributed by atoms with Crippen LogP contribution in [0.3, 0.4) is 0 Å². The Labute approximate surface area is 98.3 Å². The fraction of sp³-hybridized carbons (Fsp3) is 0.500. The number of rotatable bonds is 6. The molecule has 1 aromatic carbocycles. The third-order valence-electron chi connectivity index (χ3n) is 2.54. The van der Waals surface area contributed by atoms with Gasteiger partial charge in [-0.1, -0.05) is 0 Å². The maximum Gasteiger partial charge on any atom is 0.387 e. The molecule has 0 N–H and O–H groups in total. The van der Waals surface area contributed by atoms with Crippen molar-refractivity contribution in [2.75, 3.05) is 13.7 Å². The molecular weight excluding hydrogens is 230 g/mol. The van der Waals surface area contributed by atoms with Gasteiger partial charge >= 0.3 is 6.61 Å². The quantitative estimate of drug-likeness (QED) is 0.769. The van der Waals surface area contributed by atoms with Gasteiger partial charge < -0.3 is 14.2 Å². The normalized spacial score (nSPS) is 14.8. The van der Waals surface area contributed by atoms with Crippen molar-refractivity contribution in [1.82, 2.24) is 0 Å². The number of ether oxygens (including phenoxy) is 3. The first kappa shape index (κ1) is 12.0. The minimum absolute atomic E-state index is 0.0430. The van der Waals surface area contributed by atoms with E-state index < -0.39 is 6.61 Å². The molecule has 0 amide bonds. The summed E-state index contributed by atoms with van der Waals surface area (Å²) in [5.41, 5.74) is 0. The van der Waals surface area contributed by atoms with E-state index in [1.165, 1.54) is 13.2 Å². The second-order valence-corrected chi connectivity index (χ2v) is 3.95. The lowest BCUT2D eigenvalue weighted by molar-refractivity contribution is -0.0515. The molecule has 1 aliphatic rings. The summed E-state index contributed by atoms with van der Waals surface area (Å²) in [5.74, 6) is 1.44. The summed E-state index contributed by atoms with van der Waals surface area (Å²) in [6.07, 6.45) is 2.27. The summed E-state index contributed by atoms with van der Waals surface area (Å²) in [5, 5.41) is 0. The van der Waals surface area contributed by atoms with Gasteiger partial charge in [-0.2, -0.15) is 8.78 Å². The summed E-state index contributed by atoms with van der Waals surface area (Å²) in [7, 11) is 1.51. The van der Waals surface area contributed by atoms with Crippen molar-refractivity contribution in [2.24, 2.45) is 5.92 Å². The zero-order chi connectivity index (χ0) is 12.3. The van der Waals surface area contributed by atoms with Crippen LogP contribution in [0, 0.1) is 5.92 Å². The molecule has 0 heterocycles. The Morgan fingerprint density at radius 2 is 2.06 bits per heavy atom. The van der Waals surface area contributed by atoms with E-state index in [1.807, 2.05) is 0 Å². The molecule has 0 saturated heterocycles. The lowest BCUT2D eigenvalue weighted by Crippen LogP contribution is -2.06. The van der Waals surface area contributed by atoms with Crippen molar-refractivity contribution in [3.63, 3.8) is 0 Å². The first-order valence-electron chi connectivity index (χ1n) is 5.44. The van der Waals surface area contributed by atoms with Crippen LogP contribution in [0.2, 0.25) is 0 Å². The largest absolute Gasteiger partial charge is 0.497 e. The second kappa shape index (κ2) is 5.21. The van der Waals surface area contributed by atoms with Crippen molar-refractivity contribution in [3.05, 3.63) is 18.2 Å². The molecule has 1 aliphatic carbocycles. The molecule has 17 heavy (non-hydrogen) atoms. The average Bonchev–Trinajstić information content (AvgIpc) is 3.11. The van der Waals surface area contributed by atoms with Gasteiger partial charge in [-0.05, 0) is 30.9 Å². The molecule has 0 atom stereocenters. The van der Waals surface area contributed by atoms with Gasteiger partial charge in [0.1, 0.15) is 5.75 Å². The minimum Gasteiger partial charge on any atom is -0.497 e. The van der Waals surface area contributed by atoms with Crippen molar-refractivity contribution >= 4 is 0 Å². The van der Waals surface area contributed by atoms with Crippen LogP contribution < -0.4 is 14.2 Å². The van der Waals surface area contributed by atoms with Gasteiger partial charge in [-0.15, -0.1) is 0 Å². The molecule has 0 bridgehead atoms. The SMILES string of the molecule is COc1ccc(OC(F)F)c(OCC2CC2)c1. The van der Waals surface area contributed by atoms with Crippen LogP contribution in [0.25, 0.3) is 0 Å². The predicted octanol–water partition coefficient (Wildman–Crippen LogP) is 3.09. The van der Waals surface area contributed by atoms with E-state index in [4.69, 9.17) is 9.47 Å². The van der Waals surface area contributed by atoms with Crippen LogP contribution in [0.15, 0.2) is 18.2 Å². The number of methoxy groups -OCH3 is 1. The zero-order valence-electron chi connectivity index (χ0n) is 9.49. The van der Waals surface area contributed by atoms with Gasteiger partial charge in [0.15, 0.2) is 11.5 Å². The van der Waals surface area contributed by atoms with Crippen LogP contribution in [-0.2, 0) is 0 Å². The molecule has 0 radical (unpaired) electrons. The first-order valence-corrected chi connectivity index (χ1v) is 5.44. The minimum atomic E-state index is -2.85. The molecular formula is C12H14F2O3. The van der Waals surface area contributed by atoms with Gasteiger partial charge in [-0.25, -0.2) is 0 Å². The van der Waals surface area contributed by atoms with E-state index in [9.17, 15) is 8.78 Å². The van der Waals surface area contributed by atoms with Crippen molar-refractivity contribution in [3.8, 4) is 17.2 Å². The summed E-state index contributed by atoms with van der Waals surface area (Å²) < 4.78 is 39.2. The third-order valence-corrected chi connectivity index (χ3v) is 2.54. The Morgan fingerprint density at radius 1 is 1.29 bits per heavy atom. The van der Waals surface area contributed by atoms with E-state index in [-0.39, 0.29) is 5.75 Å². The van der Waals surface area contributed by atoms with Crippen LogP contribution in [0.1, 0.15) is 12.8 Å². The average molecular weight is 244 g/mol. The predicted molar refractivity (Wildman–Crippen MR) is 57.8 cm³/mol. The maximum absolute atomic E-state index is 12.2. The highest BCUT2D eigenvalue weighted by Gasteiger charge is 2.23. The van der Waals surface area contributed by atoms with Gasteiger partial charge in [0.2, 0.25) is 0 Å². The van der Waals surface area contributed by atoms with Gasteiger partial charge in [0.25, 0.3) is 0 Å². The summed E-state index contributed by atoms with van der Waals surface area (Å²) in [4.78, 5) is 0. The molecule has 1 fully saturated rings. The van der Waals surface area contributed by atoms with E-state index in [0.717, 1.165) is 12.8 Å². The monoisotopic (exact) mass is 244 g/mol. The van der Waals surface area contributed by atoms with Crippen LogP contribution in [-0.4, -0.2) is 20.3 Å². The van der Waals surface area contributed by atoms with Gasteiger partial charge in [0.05, 0.1) is 13.7 Å². The topological polar surface area (TPSA) is 27.7 Å². The fourth-order valence-corrected chi connectivity index (χ4v) is 1.41. The highest BCUT2D eigenvalue weighted by molar-refractivity contribution is 5.45. The molecule has 1 saturated carbocycles. The summed E-state index contributed by atoms with van der Waals surface area (Å²) >= 11 is 0. The Hall–Kier alpha value is -1.52. The number of hydrogen-bond donors (Lipinski definition) is 0. The summed E-state index contributed by atoms with van der Waals surface area (Å²) in [6.45, 7) is -2.32. The standard InChI is InChI=1S/C12H14F2O3/c1-15-9-4-5-10(17-12(13)14)11(6-9)16-7-8-2-3-8/h4-6,8,12H,2-3,7H2,1H3. The van der Waals surface area contributed by atoms with Crippen LogP contribution in [0.4, 0.5) is 8.78 Å². The fourth-order valence-electron chi connectivity index (χ4n) is 1.41. The molecule has 0 aliphatic heterocycles. The molecule has 3 nitrogen and oxygen atoms in total. The first-order chi connectivity index (χ1) is 8.19. The molecule has 94 valence electrons.